The van der Waals surface area contributed by atoms with Crippen molar-refractivity contribution >= 4 is 15.8 Å². The van der Waals surface area contributed by atoms with Crippen molar-refractivity contribution in [1.29, 1.82) is 0 Å². The van der Waals surface area contributed by atoms with Gasteiger partial charge in [0.1, 0.15) is 0 Å². The highest BCUT2D eigenvalue weighted by atomic mass is 32.2. The molecule has 0 fully saturated rings. The summed E-state index contributed by atoms with van der Waals surface area (Å²) < 4.78 is 28.0. The first-order chi connectivity index (χ1) is 12.8. The molecular weight excluding hydrogens is 358 g/mol. The van der Waals surface area contributed by atoms with Crippen LogP contribution in [0.15, 0.2) is 82.4 Å². The van der Waals surface area contributed by atoms with Gasteiger partial charge in [-0.15, -0.1) is 0 Å². The van der Waals surface area contributed by atoms with Crippen molar-refractivity contribution in [1.82, 2.24) is 4.31 Å². The third kappa shape index (κ3) is 4.03. The molecule has 0 radical (unpaired) electrons. The highest BCUT2D eigenvalue weighted by molar-refractivity contribution is 7.89. The maximum absolute atomic E-state index is 13.4. The SMILES string of the molecule is CC(C)=C1C=C(N(Cc2ccccc2)S(=O)(=O)c2ccc(C)cc2)C(=O)C1. The minimum Gasteiger partial charge on any atom is -0.292 e. The Hall–Kier alpha value is -2.66. The highest BCUT2D eigenvalue weighted by Gasteiger charge is 2.33. The molecule has 0 aromatic heterocycles. The second-order valence-corrected chi connectivity index (χ2v) is 8.83. The number of carbonyl (C=O) groups excluding carboxylic acids is 1. The summed E-state index contributed by atoms with van der Waals surface area (Å²) in [4.78, 5) is 12.8. The smallest absolute Gasteiger partial charge is 0.264 e. The largest absolute Gasteiger partial charge is 0.292 e. The number of carbonyl (C=O) groups is 1. The van der Waals surface area contributed by atoms with E-state index in [0.29, 0.717) is 0 Å². The van der Waals surface area contributed by atoms with Gasteiger partial charge in [-0.25, -0.2) is 8.42 Å². The van der Waals surface area contributed by atoms with E-state index in [1.165, 1.54) is 4.31 Å². The van der Waals surface area contributed by atoms with Crippen LogP contribution < -0.4 is 0 Å². The molecule has 0 unspecified atom stereocenters. The fraction of sp³-hybridized carbons (Fsp3) is 0.227. The van der Waals surface area contributed by atoms with Crippen molar-refractivity contribution in [3.63, 3.8) is 0 Å². The number of ketones is 1. The van der Waals surface area contributed by atoms with Crippen LogP contribution in [0.5, 0.6) is 0 Å². The van der Waals surface area contributed by atoms with Gasteiger partial charge in [0.15, 0.2) is 5.78 Å². The Balaban J connectivity index is 2.10. The molecule has 0 atom stereocenters. The third-order valence-corrected chi connectivity index (χ3v) is 6.41. The van der Waals surface area contributed by atoms with Crippen LogP contribution in [0.3, 0.4) is 0 Å². The minimum atomic E-state index is -3.86. The maximum Gasteiger partial charge on any atom is 0.264 e. The van der Waals surface area contributed by atoms with Crippen molar-refractivity contribution in [2.45, 2.75) is 38.6 Å². The van der Waals surface area contributed by atoms with Crippen LogP contribution >= 0.6 is 0 Å². The second-order valence-electron chi connectivity index (χ2n) is 6.97. The van der Waals surface area contributed by atoms with Gasteiger partial charge in [-0.05, 0) is 50.1 Å². The molecule has 2 aromatic rings. The van der Waals surface area contributed by atoms with E-state index < -0.39 is 10.0 Å². The number of aryl methyl sites for hydroxylation is 1. The Morgan fingerprint density at radius 2 is 1.63 bits per heavy atom. The number of nitrogens with zero attached hydrogens (tertiary/aromatic N) is 1. The van der Waals surface area contributed by atoms with Crippen molar-refractivity contribution in [2.75, 3.05) is 0 Å². The molecule has 0 amide bonds. The van der Waals surface area contributed by atoms with Crippen molar-refractivity contribution < 1.29 is 13.2 Å². The quantitative estimate of drug-likeness (QED) is 0.772. The molecule has 27 heavy (non-hydrogen) atoms. The number of Topliss-reactive ketones (excluding diaryl/α,β-unsaturated/α-hetero) is 1. The van der Waals surface area contributed by atoms with E-state index in [4.69, 9.17) is 0 Å². The lowest BCUT2D eigenvalue weighted by Crippen LogP contribution is -2.32. The molecule has 0 aliphatic heterocycles. The zero-order valence-corrected chi connectivity index (χ0v) is 16.6. The molecule has 0 heterocycles. The van der Waals surface area contributed by atoms with Gasteiger partial charge in [-0.1, -0.05) is 53.6 Å². The zero-order valence-electron chi connectivity index (χ0n) is 15.8. The van der Waals surface area contributed by atoms with Crippen LogP contribution in [-0.2, 0) is 21.4 Å². The average molecular weight is 381 g/mol. The fourth-order valence-electron chi connectivity index (χ4n) is 2.98. The summed E-state index contributed by atoms with van der Waals surface area (Å²) in [7, 11) is -3.86. The number of hydrogen-bond donors (Lipinski definition) is 0. The first kappa shape index (κ1) is 19.1. The monoisotopic (exact) mass is 381 g/mol. The van der Waals surface area contributed by atoms with Gasteiger partial charge >= 0.3 is 0 Å². The molecule has 0 saturated carbocycles. The van der Waals surface area contributed by atoms with Crippen LogP contribution in [0.25, 0.3) is 0 Å². The molecule has 1 aliphatic rings. The van der Waals surface area contributed by atoms with Gasteiger partial charge in [0.05, 0.1) is 17.1 Å². The third-order valence-electron chi connectivity index (χ3n) is 4.64. The second kappa shape index (κ2) is 7.53. The summed E-state index contributed by atoms with van der Waals surface area (Å²) in [6, 6.07) is 16.0. The first-order valence-corrected chi connectivity index (χ1v) is 10.3. The lowest BCUT2D eigenvalue weighted by molar-refractivity contribution is -0.115. The van der Waals surface area contributed by atoms with E-state index in [9.17, 15) is 13.2 Å². The summed E-state index contributed by atoms with van der Waals surface area (Å²) in [5.41, 5.74) is 3.94. The van der Waals surface area contributed by atoms with E-state index in [0.717, 1.165) is 22.3 Å². The molecule has 3 rings (SSSR count). The number of hydrogen-bond acceptors (Lipinski definition) is 3. The maximum atomic E-state index is 13.4. The van der Waals surface area contributed by atoms with Gasteiger partial charge < -0.3 is 0 Å². The summed E-state index contributed by atoms with van der Waals surface area (Å²) in [5.74, 6) is -0.169. The molecule has 5 heteroatoms. The molecule has 0 spiro atoms. The summed E-state index contributed by atoms with van der Waals surface area (Å²) in [6.45, 7) is 5.88. The van der Waals surface area contributed by atoms with Crippen LogP contribution in [0.1, 0.15) is 31.4 Å². The minimum absolute atomic E-state index is 0.116. The van der Waals surface area contributed by atoms with E-state index in [1.54, 1.807) is 30.3 Å². The van der Waals surface area contributed by atoms with Crippen LogP contribution in [0.2, 0.25) is 0 Å². The van der Waals surface area contributed by atoms with Crippen molar-refractivity contribution in [3.05, 3.63) is 88.6 Å². The summed E-state index contributed by atoms with van der Waals surface area (Å²) in [5, 5.41) is 0. The molecule has 2 aromatic carbocycles. The Morgan fingerprint density at radius 3 is 2.19 bits per heavy atom. The predicted molar refractivity (Wildman–Crippen MR) is 106 cm³/mol. The number of sulfonamides is 1. The molecule has 4 nitrogen and oxygen atoms in total. The van der Waals surface area contributed by atoms with Crippen LogP contribution in [-0.4, -0.2) is 18.5 Å². The molecular formula is C22H23NO3S. The van der Waals surface area contributed by atoms with Gasteiger partial charge in [0, 0.05) is 6.42 Å². The summed E-state index contributed by atoms with van der Waals surface area (Å²) in [6.07, 6.45) is 1.96. The van der Waals surface area contributed by atoms with Gasteiger partial charge in [0.2, 0.25) is 0 Å². The number of benzene rings is 2. The number of rotatable bonds is 5. The van der Waals surface area contributed by atoms with Crippen LogP contribution in [0, 0.1) is 6.92 Å². The Labute approximate surface area is 160 Å². The van der Waals surface area contributed by atoms with E-state index in [-0.39, 0.29) is 29.3 Å². The summed E-state index contributed by atoms with van der Waals surface area (Å²) >= 11 is 0. The zero-order chi connectivity index (χ0) is 19.6. The molecule has 140 valence electrons. The van der Waals surface area contributed by atoms with E-state index >= 15 is 0 Å². The number of allylic oxidation sites excluding steroid dienone is 4. The Bertz CT molecular complexity index is 1010. The van der Waals surface area contributed by atoms with E-state index in [1.807, 2.05) is 51.1 Å². The van der Waals surface area contributed by atoms with Gasteiger partial charge in [-0.3, -0.25) is 9.10 Å². The lowest BCUT2D eigenvalue weighted by Gasteiger charge is -2.25. The normalized spacial score (nSPS) is 14.3. The molecule has 1 aliphatic carbocycles. The van der Waals surface area contributed by atoms with Crippen molar-refractivity contribution in [2.24, 2.45) is 0 Å². The fourth-order valence-corrected chi connectivity index (χ4v) is 4.45. The van der Waals surface area contributed by atoms with Gasteiger partial charge in [-0.2, -0.15) is 0 Å². The first-order valence-electron chi connectivity index (χ1n) is 8.83. The molecule has 0 bridgehead atoms. The highest BCUT2D eigenvalue weighted by Crippen LogP contribution is 2.31. The standard InChI is InChI=1S/C22H23NO3S/c1-16(2)19-13-21(22(24)14-19)23(15-18-7-5-4-6-8-18)27(25,26)20-11-9-17(3)10-12-20/h4-13H,14-15H2,1-3H3. The van der Waals surface area contributed by atoms with Crippen molar-refractivity contribution in [3.8, 4) is 0 Å². The topological polar surface area (TPSA) is 54.5 Å². The average Bonchev–Trinajstić information content (AvgIpc) is 3.02. The molecule has 0 N–H and O–H groups in total. The molecule has 0 saturated heterocycles. The van der Waals surface area contributed by atoms with Crippen LogP contribution in [0.4, 0.5) is 0 Å². The van der Waals surface area contributed by atoms with Gasteiger partial charge in [0.25, 0.3) is 10.0 Å². The lowest BCUT2D eigenvalue weighted by atomic mass is 10.1. The predicted octanol–water partition coefficient (Wildman–Crippen LogP) is 4.38. The van der Waals surface area contributed by atoms with E-state index in [2.05, 4.69) is 0 Å². The Kier molecular flexibility index (Phi) is 5.33. The Morgan fingerprint density at radius 1 is 1.00 bits per heavy atom.